The topological polar surface area (TPSA) is 64.2 Å². The molecule has 6 heteroatoms. The lowest BCUT2D eigenvalue weighted by Gasteiger charge is -2.33. The summed E-state index contributed by atoms with van der Waals surface area (Å²) in [5.41, 5.74) is 2.30. The molecular formula is C18H20N4O2. The second-order valence-corrected chi connectivity index (χ2v) is 6.38. The van der Waals surface area contributed by atoms with Gasteiger partial charge in [0.05, 0.1) is 6.04 Å². The van der Waals surface area contributed by atoms with Crippen LogP contribution in [0.3, 0.4) is 0 Å². The number of hydrogen-bond donors (Lipinski definition) is 0. The van der Waals surface area contributed by atoms with E-state index in [1.54, 1.807) is 6.07 Å². The maximum absolute atomic E-state index is 12.8. The molecule has 0 aliphatic carbocycles. The Morgan fingerprint density at radius 2 is 2.21 bits per heavy atom. The first-order valence-electron chi connectivity index (χ1n) is 8.28. The number of imidazole rings is 1. The van der Waals surface area contributed by atoms with E-state index >= 15 is 0 Å². The summed E-state index contributed by atoms with van der Waals surface area (Å²) >= 11 is 0. The van der Waals surface area contributed by atoms with Crippen LogP contribution in [-0.2, 0) is 0 Å². The van der Waals surface area contributed by atoms with Crippen molar-refractivity contribution in [3.05, 3.63) is 47.9 Å². The normalized spacial score (nSPS) is 18.2. The number of piperidine rings is 1. The highest BCUT2D eigenvalue weighted by molar-refractivity contribution is 5.95. The van der Waals surface area contributed by atoms with Crippen molar-refractivity contribution in [1.29, 1.82) is 0 Å². The maximum Gasteiger partial charge on any atom is 0.289 e. The Morgan fingerprint density at radius 1 is 1.33 bits per heavy atom. The number of carbonyl (C=O) groups is 1. The lowest BCUT2D eigenvalue weighted by Crippen LogP contribution is -2.40. The molecule has 1 fully saturated rings. The Hall–Kier alpha value is -2.63. The van der Waals surface area contributed by atoms with Gasteiger partial charge in [-0.2, -0.15) is 0 Å². The van der Waals surface area contributed by atoms with Gasteiger partial charge < -0.3 is 13.9 Å². The monoisotopic (exact) mass is 324 g/mol. The van der Waals surface area contributed by atoms with Crippen LogP contribution in [0.2, 0.25) is 0 Å². The highest BCUT2D eigenvalue weighted by atomic mass is 16.3. The minimum Gasteiger partial charge on any atom is -0.449 e. The number of hydrogen-bond acceptors (Lipinski definition) is 4. The van der Waals surface area contributed by atoms with Gasteiger partial charge in [0.2, 0.25) is 0 Å². The lowest BCUT2D eigenvalue weighted by atomic mass is 10.1. The molecule has 1 aliphatic heterocycles. The molecule has 0 bridgehead atoms. The molecule has 1 atom stereocenters. The molecule has 3 aromatic rings. The fourth-order valence-corrected chi connectivity index (χ4v) is 3.43. The fourth-order valence-electron chi connectivity index (χ4n) is 3.43. The Morgan fingerprint density at radius 3 is 3.00 bits per heavy atom. The van der Waals surface area contributed by atoms with Crippen LogP contribution >= 0.6 is 0 Å². The van der Waals surface area contributed by atoms with E-state index in [4.69, 9.17) is 4.42 Å². The number of rotatable bonds is 2. The van der Waals surface area contributed by atoms with Crippen molar-refractivity contribution in [2.75, 3.05) is 13.1 Å². The van der Waals surface area contributed by atoms with Gasteiger partial charge in [-0.15, -0.1) is 0 Å². The predicted molar refractivity (Wildman–Crippen MR) is 89.9 cm³/mol. The molecule has 4 rings (SSSR count). The van der Waals surface area contributed by atoms with Crippen LogP contribution in [0.5, 0.6) is 0 Å². The van der Waals surface area contributed by atoms with Gasteiger partial charge in [-0.25, -0.2) is 9.97 Å². The van der Waals surface area contributed by atoms with Gasteiger partial charge in [-0.05, 0) is 38.8 Å². The molecule has 4 heterocycles. The van der Waals surface area contributed by atoms with Crippen LogP contribution in [0.1, 0.15) is 41.0 Å². The molecule has 1 unspecified atom stereocenters. The van der Waals surface area contributed by atoms with Gasteiger partial charge in [-0.3, -0.25) is 4.79 Å². The van der Waals surface area contributed by atoms with Crippen LogP contribution in [0.25, 0.3) is 11.1 Å². The SMILES string of the molecule is Cc1ccc2oc(C(=O)N3CCCC(n4ccnc4C)C3)cc2n1. The maximum atomic E-state index is 12.8. The van der Waals surface area contributed by atoms with Crippen LogP contribution in [0, 0.1) is 13.8 Å². The van der Waals surface area contributed by atoms with Gasteiger partial charge in [0.1, 0.15) is 11.3 Å². The molecule has 0 radical (unpaired) electrons. The van der Waals surface area contributed by atoms with E-state index in [0.29, 0.717) is 17.9 Å². The van der Waals surface area contributed by atoms with Gasteiger partial charge in [0.15, 0.2) is 11.3 Å². The summed E-state index contributed by atoms with van der Waals surface area (Å²) in [5.74, 6) is 1.29. The van der Waals surface area contributed by atoms with Gasteiger partial charge in [-0.1, -0.05) is 0 Å². The molecule has 1 amide bonds. The number of pyridine rings is 1. The third kappa shape index (κ3) is 2.58. The Balaban J connectivity index is 1.57. The number of amides is 1. The van der Waals surface area contributed by atoms with E-state index in [1.807, 2.05) is 43.3 Å². The summed E-state index contributed by atoms with van der Waals surface area (Å²) in [7, 11) is 0. The molecule has 0 aromatic carbocycles. The van der Waals surface area contributed by atoms with Crippen LogP contribution in [0.15, 0.2) is 35.0 Å². The third-order valence-electron chi connectivity index (χ3n) is 4.66. The van der Waals surface area contributed by atoms with Crippen molar-refractivity contribution in [2.24, 2.45) is 0 Å². The summed E-state index contributed by atoms with van der Waals surface area (Å²) < 4.78 is 7.87. The van der Waals surface area contributed by atoms with Gasteiger partial charge >= 0.3 is 0 Å². The van der Waals surface area contributed by atoms with Gasteiger partial charge in [0, 0.05) is 37.2 Å². The highest BCUT2D eigenvalue weighted by Crippen LogP contribution is 2.25. The van der Waals surface area contributed by atoms with E-state index in [-0.39, 0.29) is 11.9 Å². The van der Waals surface area contributed by atoms with E-state index < -0.39 is 0 Å². The van der Waals surface area contributed by atoms with Crippen molar-refractivity contribution in [2.45, 2.75) is 32.7 Å². The molecule has 0 N–H and O–H groups in total. The first-order valence-corrected chi connectivity index (χ1v) is 8.28. The van der Waals surface area contributed by atoms with Crippen LogP contribution in [-0.4, -0.2) is 38.4 Å². The molecule has 1 saturated heterocycles. The molecule has 3 aromatic heterocycles. The van der Waals surface area contributed by atoms with Crippen molar-refractivity contribution < 1.29 is 9.21 Å². The highest BCUT2D eigenvalue weighted by Gasteiger charge is 2.28. The molecule has 24 heavy (non-hydrogen) atoms. The molecule has 1 aliphatic rings. The summed E-state index contributed by atoms with van der Waals surface area (Å²) in [4.78, 5) is 23.4. The average Bonchev–Trinajstić information content (AvgIpc) is 3.20. The number of fused-ring (bicyclic) bond motifs is 1. The van der Waals surface area contributed by atoms with Crippen molar-refractivity contribution in [1.82, 2.24) is 19.4 Å². The van der Waals surface area contributed by atoms with Crippen molar-refractivity contribution in [3.8, 4) is 0 Å². The van der Waals surface area contributed by atoms with E-state index in [9.17, 15) is 4.79 Å². The summed E-state index contributed by atoms with van der Waals surface area (Å²) in [6.45, 7) is 5.36. The minimum atomic E-state index is -0.0619. The number of aromatic nitrogens is 3. The molecule has 0 saturated carbocycles. The Bertz CT molecular complexity index is 895. The van der Waals surface area contributed by atoms with E-state index in [1.165, 1.54) is 0 Å². The zero-order valence-corrected chi connectivity index (χ0v) is 13.9. The number of furan rings is 1. The molecular weight excluding hydrogens is 304 g/mol. The lowest BCUT2D eigenvalue weighted by molar-refractivity contribution is 0.0648. The number of carbonyl (C=O) groups excluding carboxylic acids is 1. The second kappa shape index (κ2) is 5.78. The standard InChI is InChI=1S/C18H20N4O2/c1-12-5-6-16-15(20-12)10-17(24-16)18(23)21-8-3-4-14(11-21)22-9-7-19-13(22)2/h5-7,9-10,14H,3-4,8,11H2,1-2H3. The largest absolute Gasteiger partial charge is 0.449 e. The molecule has 124 valence electrons. The first-order chi connectivity index (χ1) is 11.6. The molecule has 0 spiro atoms. The predicted octanol–water partition coefficient (Wildman–Crippen LogP) is 3.12. The van der Waals surface area contributed by atoms with Gasteiger partial charge in [0.25, 0.3) is 5.91 Å². The fraction of sp³-hybridized carbons (Fsp3) is 0.389. The van der Waals surface area contributed by atoms with Crippen molar-refractivity contribution in [3.63, 3.8) is 0 Å². The summed E-state index contributed by atoms with van der Waals surface area (Å²) in [5, 5.41) is 0. The zero-order chi connectivity index (χ0) is 16.7. The Kier molecular flexibility index (Phi) is 3.59. The number of likely N-dealkylation sites (tertiary alicyclic amines) is 1. The minimum absolute atomic E-state index is 0.0619. The van der Waals surface area contributed by atoms with Crippen LogP contribution < -0.4 is 0 Å². The smallest absolute Gasteiger partial charge is 0.289 e. The second-order valence-electron chi connectivity index (χ2n) is 6.38. The van der Waals surface area contributed by atoms with E-state index in [0.717, 1.165) is 36.4 Å². The molecule has 6 nitrogen and oxygen atoms in total. The number of nitrogens with zero attached hydrogens (tertiary/aromatic N) is 4. The summed E-state index contributed by atoms with van der Waals surface area (Å²) in [6.07, 6.45) is 5.83. The van der Waals surface area contributed by atoms with Crippen molar-refractivity contribution >= 4 is 17.0 Å². The van der Waals surface area contributed by atoms with E-state index in [2.05, 4.69) is 14.5 Å². The average molecular weight is 324 g/mol. The Labute approximate surface area is 140 Å². The third-order valence-corrected chi connectivity index (χ3v) is 4.66. The quantitative estimate of drug-likeness (QED) is 0.726. The first kappa shape index (κ1) is 14.9. The zero-order valence-electron chi connectivity index (χ0n) is 13.9. The number of aryl methyl sites for hydroxylation is 2. The van der Waals surface area contributed by atoms with Crippen LogP contribution in [0.4, 0.5) is 0 Å². The summed E-state index contributed by atoms with van der Waals surface area (Å²) in [6, 6.07) is 5.77.